The van der Waals surface area contributed by atoms with Gasteiger partial charge in [0.1, 0.15) is 0 Å². The van der Waals surface area contributed by atoms with Crippen LogP contribution in [0.3, 0.4) is 0 Å². The molecule has 2 aliphatic heterocycles. The van der Waals surface area contributed by atoms with Crippen molar-refractivity contribution in [3.05, 3.63) is 0 Å². The lowest BCUT2D eigenvalue weighted by Crippen LogP contribution is -2.45. The smallest absolute Gasteiger partial charge is 0.230 e. The molecule has 0 aromatic carbocycles. The predicted molar refractivity (Wildman–Crippen MR) is 60.6 cm³/mol. The van der Waals surface area contributed by atoms with Crippen LogP contribution in [0.25, 0.3) is 0 Å². The molecule has 0 aromatic heterocycles. The number of hydrogen-bond donors (Lipinski definition) is 1. The molecular formula is C12H22N2O. The van der Waals surface area contributed by atoms with Crippen LogP contribution in [0.15, 0.2) is 0 Å². The summed E-state index contributed by atoms with van der Waals surface area (Å²) in [4.78, 5) is 14.6. The summed E-state index contributed by atoms with van der Waals surface area (Å²) >= 11 is 0. The summed E-state index contributed by atoms with van der Waals surface area (Å²) in [6.45, 7) is 7.13. The molecule has 0 spiro atoms. The molecule has 2 heterocycles. The molecule has 2 rings (SSSR count). The van der Waals surface area contributed by atoms with Crippen molar-refractivity contribution in [3.63, 3.8) is 0 Å². The Morgan fingerprint density at radius 3 is 3.00 bits per heavy atom. The van der Waals surface area contributed by atoms with Crippen molar-refractivity contribution in [1.29, 1.82) is 0 Å². The zero-order valence-corrected chi connectivity index (χ0v) is 9.88. The zero-order valence-electron chi connectivity index (χ0n) is 9.88. The standard InChI is InChI=1S/C12H22N2O/c1-3-10-5-4-8-14(10)11(15)12(2)6-7-13-9-12/h10,13H,3-9H2,1-2H3. The van der Waals surface area contributed by atoms with Gasteiger partial charge in [-0.1, -0.05) is 6.92 Å². The first-order chi connectivity index (χ1) is 7.17. The first-order valence-electron chi connectivity index (χ1n) is 6.19. The number of carbonyl (C=O) groups is 1. The Balaban J connectivity index is 2.06. The highest BCUT2D eigenvalue weighted by Crippen LogP contribution is 2.31. The van der Waals surface area contributed by atoms with Gasteiger partial charge in [-0.2, -0.15) is 0 Å². The lowest BCUT2D eigenvalue weighted by molar-refractivity contribution is -0.141. The molecule has 86 valence electrons. The van der Waals surface area contributed by atoms with Gasteiger partial charge in [0, 0.05) is 19.1 Å². The van der Waals surface area contributed by atoms with Crippen LogP contribution in [0.4, 0.5) is 0 Å². The SMILES string of the molecule is CCC1CCCN1C(=O)C1(C)CCNC1. The van der Waals surface area contributed by atoms with Crippen LogP contribution < -0.4 is 5.32 Å². The first-order valence-corrected chi connectivity index (χ1v) is 6.19. The topological polar surface area (TPSA) is 32.3 Å². The highest BCUT2D eigenvalue weighted by Gasteiger charge is 2.41. The molecule has 0 aliphatic carbocycles. The lowest BCUT2D eigenvalue weighted by Gasteiger charge is -2.32. The Morgan fingerprint density at radius 1 is 1.60 bits per heavy atom. The molecule has 3 nitrogen and oxygen atoms in total. The monoisotopic (exact) mass is 210 g/mol. The Kier molecular flexibility index (Phi) is 3.01. The summed E-state index contributed by atoms with van der Waals surface area (Å²) < 4.78 is 0. The highest BCUT2D eigenvalue weighted by molar-refractivity contribution is 5.83. The van der Waals surface area contributed by atoms with Crippen molar-refractivity contribution in [2.45, 2.75) is 45.6 Å². The summed E-state index contributed by atoms with van der Waals surface area (Å²) in [5.41, 5.74) is -0.127. The van der Waals surface area contributed by atoms with Crippen LogP contribution in [0.5, 0.6) is 0 Å². The number of amides is 1. The molecule has 2 fully saturated rings. The molecule has 0 saturated carbocycles. The van der Waals surface area contributed by atoms with Gasteiger partial charge >= 0.3 is 0 Å². The molecule has 15 heavy (non-hydrogen) atoms. The van der Waals surface area contributed by atoms with E-state index in [1.54, 1.807) is 0 Å². The first kappa shape index (κ1) is 10.9. The average Bonchev–Trinajstić information content (AvgIpc) is 2.85. The Morgan fingerprint density at radius 2 is 2.40 bits per heavy atom. The van der Waals surface area contributed by atoms with Gasteiger partial charge in [0.2, 0.25) is 5.91 Å². The molecule has 2 atom stereocenters. The van der Waals surface area contributed by atoms with Crippen LogP contribution in [-0.4, -0.2) is 36.5 Å². The minimum absolute atomic E-state index is 0.127. The minimum Gasteiger partial charge on any atom is -0.339 e. The van der Waals surface area contributed by atoms with E-state index in [2.05, 4.69) is 24.1 Å². The molecule has 1 N–H and O–H groups in total. The van der Waals surface area contributed by atoms with E-state index in [1.165, 1.54) is 12.8 Å². The summed E-state index contributed by atoms with van der Waals surface area (Å²) in [6, 6.07) is 0.509. The van der Waals surface area contributed by atoms with Gasteiger partial charge in [-0.3, -0.25) is 4.79 Å². The van der Waals surface area contributed by atoms with E-state index in [1.807, 2.05) is 0 Å². The number of rotatable bonds is 2. The van der Waals surface area contributed by atoms with Gasteiger partial charge < -0.3 is 10.2 Å². The van der Waals surface area contributed by atoms with E-state index in [0.29, 0.717) is 11.9 Å². The molecule has 1 amide bonds. The Bertz CT molecular complexity index is 246. The van der Waals surface area contributed by atoms with Crippen LogP contribution in [0.2, 0.25) is 0 Å². The predicted octanol–water partition coefficient (Wildman–Crippen LogP) is 1.39. The van der Waals surface area contributed by atoms with Gasteiger partial charge in [0.25, 0.3) is 0 Å². The maximum atomic E-state index is 12.4. The van der Waals surface area contributed by atoms with Gasteiger partial charge in [-0.25, -0.2) is 0 Å². The Hall–Kier alpha value is -0.570. The van der Waals surface area contributed by atoms with E-state index in [0.717, 1.165) is 32.5 Å². The van der Waals surface area contributed by atoms with Crippen molar-refractivity contribution in [1.82, 2.24) is 10.2 Å². The van der Waals surface area contributed by atoms with Gasteiger partial charge in [-0.15, -0.1) is 0 Å². The number of likely N-dealkylation sites (tertiary alicyclic amines) is 1. The Labute approximate surface area is 92.2 Å². The van der Waals surface area contributed by atoms with Crippen LogP contribution in [0, 0.1) is 5.41 Å². The summed E-state index contributed by atoms with van der Waals surface area (Å²) in [5.74, 6) is 0.386. The van der Waals surface area contributed by atoms with Crippen LogP contribution >= 0.6 is 0 Å². The molecule has 0 aromatic rings. The second kappa shape index (κ2) is 4.12. The molecule has 3 heteroatoms. The van der Waals surface area contributed by atoms with Crippen LogP contribution in [0.1, 0.15) is 39.5 Å². The van der Waals surface area contributed by atoms with Crippen LogP contribution in [-0.2, 0) is 4.79 Å². The van der Waals surface area contributed by atoms with E-state index in [9.17, 15) is 4.79 Å². The fourth-order valence-electron chi connectivity index (χ4n) is 2.87. The third-order valence-electron chi connectivity index (χ3n) is 3.99. The summed E-state index contributed by atoms with van der Waals surface area (Å²) in [5, 5.41) is 3.30. The van der Waals surface area contributed by atoms with E-state index in [4.69, 9.17) is 0 Å². The number of hydrogen-bond acceptors (Lipinski definition) is 2. The lowest BCUT2D eigenvalue weighted by atomic mass is 9.87. The maximum absolute atomic E-state index is 12.4. The van der Waals surface area contributed by atoms with E-state index < -0.39 is 0 Å². The third kappa shape index (κ3) is 1.89. The molecule has 0 bridgehead atoms. The fourth-order valence-corrected chi connectivity index (χ4v) is 2.87. The second-order valence-electron chi connectivity index (χ2n) is 5.19. The number of nitrogens with zero attached hydrogens (tertiary/aromatic N) is 1. The van der Waals surface area contributed by atoms with Crippen molar-refractivity contribution in [2.24, 2.45) is 5.41 Å². The molecule has 2 saturated heterocycles. The molecule has 2 aliphatic rings. The molecular weight excluding hydrogens is 188 g/mol. The average molecular weight is 210 g/mol. The van der Waals surface area contributed by atoms with Gasteiger partial charge in [0.05, 0.1) is 5.41 Å². The summed E-state index contributed by atoms with van der Waals surface area (Å²) in [6.07, 6.45) is 4.49. The maximum Gasteiger partial charge on any atom is 0.230 e. The van der Waals surface area contributed by atoms with Crippen molar-refractivity contribution < 1.29 is 4.79 Å². The van der Waals surface area contributed by atoms with Crippen molar-refractivity contribution in [3.8, 4) is 0 Å². The van der Waals surface area contributed by atoms with E-state index >= 15 is 0 Å². The van der Waals surface area contributed by atoms with Crippen molar-refractivity contribution >= 4 is 5.91 Å². The minimum atomic E-state index is -0.127. The third-order valence-corrected chi connectivity index (χ3v) is 3.99. The second-order valence-corrected chi connectivity index (χ2v) is 5.19. The van der Waals surface area contributed by atoms with E-state index in [-0.39, 0.29) is 5.41 Å². The van der Waals surface area contributed by atoms with Gasteiger partial charge in [-0.05, 0) is 39.2 Å². The zero-order chi connectivity index (χ0) is 10.9. The molecule has 2 unspecified atom stereocenters. The van der Waals surface area contributed by atoms with Crippen molar-refractivity contribution in [2.75, 3.05) is 19.6 Å². The fraction of sp³-hybridized carbons (Fsp3) is 0.917. The number of nitrogens with one attached hydrogen (secondary N) is 1. The quantitative estimate of drug-likeness (QED) is 0.747. The summed E-state index contributed by atoms with van der Waals surface area (Å²) in [7, 11) is 0. The normalized spacial score (nSPS) is 36.1. The molecule has 0 radical (unpaired) electrons. The van der Waals surface area contributed by atoms with Gasteiger partial charge in [0.15, 0.2) is 0 Å². The highest BCUT2D eigenvalue weighted by atomic mass is 16.2. The number of carbonyl (C=O) groups excluding carboxylic acids is 1. The largest absolute Gasteiger partial charge is 0.339 e.